The Bertz CT molecular complexity index is 2920. The number of hydrogen-bond acceptors (Lipinski definition) is 26. The number of aromatic nitrogens is 8. The number of H-pyrrole nitrogens is 2. The molecule has 2 aliphatic heterocycles. The third-order valence-corrected chi connectivity index (χ3v) is 14.9. The van der Waals surface area contributed by atoms with Gasteiger partial charge in [-0.1, -0.05) is 25.7 Å². The molecule has 4 aromatic heterocycles. The number of rotatable bonds is 26. The van der Waals surface area contributed by atoms with Gasteiger partial charge in [-0.15, -0.1) is 0 Å². The Morgan fingerprint density at radius 3 is 1.47 bits per heavy atom. The lowest BCUT2D eigenvalue weighted by molar-refractivity contribution is -0.0522. The molecule has 2 aliphatic rings. The average Bonchev–Trinajstić information content (AvgIpc) is 4.07. The van der Waals surface area contributed by atoms with Crippen molar-refractivity contribution in [3.05, 3.63) is 33.4 Å². The van der Waals surface area contributed by atoms with Gasteiger partial charge in [0, 0.05) is 13.1 Å². The molecule has 76 heavy (non-hydrogen) atoms. The molecule has 2 fully saturated rings. The van der Waals surface area contributed by atoms with Gasteiger partial charge in [-0.05, 0) is 38.8 Å². The van der Waals surface area contributed by atoms with Crippen LogP contribution >= 0.6 is 31.3 Å². The van der Waals surface area contributed by atoms with Crippen LogP contribution in [-0.2, 0) is 54.9 Å². The van der Waals surface area contributed by atoms with Crippen molar-refractivity contribution < 1.29 is 104 Å². The zero-order chi connectivity index (χ0) is 56.2. The maximum Gasteiger partial charge on any atom is 0.481 e. The molecular weight excluding hydrogens is 1110 g/mol. The largest absolute Gasteiger partial charge is 0.481 e. The lowest BCUT2D eigenvalue weighted by Crippen LogP contribution is -2.41. The van der Waals surface area contributed by atoms with E-state index in [4.69, 9.17) is 61.5 Å². The summed E-state index contributed by atoms with van der Waals surface area (Å²) in [6.45, 7) is -0.203. The van der Waals surface area contributed by atoms with E-state index in [1.54, 1.807) is 0 Å². The number of aliphatic hydroxyl groups is 2. The minimum atomic E-state index is -5.41. The Balaban J connectivity index is 0.000000281. The Hall–Kier alpha value is -4.88. The molecular formula is C34H58N14O24P4. The molecule has 0 bridgehead atoms. The molecule has 38 nitrogen and oxygen atoms in total. The summed E-state index contributed by atoms with van der Waals surface area (Å²) < 4.78 is 86.4. The number of nitrogens with two attached hydrogens (primary N) is 4. The van der Waals surface area contributed by atoms with Crippen molar-refractivity contribution >= 4 is 77.7 Å². The number of carbonyl (C=O) groups is 2. The second-order valence-electron chi connectivity index (χ2n) is 16.3. The van der Waals surface area contributed by atoms with Crippen molar-refractivity contribution in [2.75, 3.05) is 50.9 Å². The van der Waals surface area contributed by atoms with Crippen LogP contribution in [0.25, 0.3) is 22.3 Å². The predicted octanol–water partition coefficient (Wildman–Crippen LogP) is -2.40. The van der Waals surface area contributed by atoms with E-state index < -0.39 is 117 Å². The molecule has 6 rings (SSSR count). The van der Waals surface area contributed by atoms with E-state index in [1.807, 2.05) is 0 Å². The summed E-state index contributed by atoms with van der Waals surface area (Å²) in [5, 5.41) is 26.8. The number of carbonyl (C=O) groups excluding carboxylic acids is 2. The van der Waals surface area contributed by atoms with Gasteiger partial charge >= 0.3 is 43.5 Å². The number of phosphoric acid groups is 4. The van der Waals surface area contributed by atoms with Gasteiger partial charge in [-0.2, -0.15) is 18.6 Å². The van der Waals surface area contributed by atoms with Crippen molar-refractivity contribution in [2.24, 2.45) is 11.5 Å². The van der Waals surface area contributed by atoms with Crippen molar-refractivity contribution in [3.63, 3.8) is 0 Å². The molecule has 6 heterocycles. The summed E-state index contributed by atoms with van der Waals surface area (Å²) in [6.07, 6.45) is -5.38. The van der Waals surface area contributed by atoms with Gasteiger partial charge in [0.25, 0.3) is 11.1 Å². The van der Waals surface area contributed by atoms with Crippen LogP contribution < -0.4 is 44.7 Å². The normalized spacial score (nSPS) is 23.4. The molecule has 0 aromatic carbocycles. The molecule has 0 aliphatic carbocycles. The Labute approximate surface area is 426 Å². The van der Waals surface area contributed by atoms with E-state index in [2.05, 4.69) is 58.2 Å². The number of nitrogens with one attached hydrogen (secondary N) is 4. The Morgan fingerprint density at radius 1 is 0.618 bits per heavy atom. The number of aromatic amines is 2. The third-order valence-electron chi connectivity index (χ3n) is 10.6. The number of aliphatic hydroxyl groups excluding tert-OH is 2. The van der Waals surface area contributed by atoms with Crippen molar-refractivity contribution in [3.8, 4) is 0 Å². The zero-order valence-corrected chi connectivity index (χ0v) is 43.1. The summed E-state index contributed by atoms with van der Waals surface area (Å²) in [4.78, 5) is 124. The fourth-order valence-electron chi connectivity index (χ4n) is 7.30. The number of fused-ring (bicyclic) bond motifs is 2. The van der Waals surface area contributed by atoms with Crippen LogP contribution in [-0.4, -0.2) is 167 Å². The van der Waals surface area contributed by atoms with Crippen LogP contribution in [0, 0.1) is 0 Å². The summed E-state index contributed by atoms with van der Waals surface area (Å²) in [7, 11) is -21.4. The first kappa shape index (κ1) is 62.0. The number of imidazole rings is 2. The van der Waals surface area contributed by atoms with Gasteiger partial charge in [-0.25, -0.2) is 37.8 Å². The first-order valence-corrected chi connectivity index (χ1v) is 28.6. The van der Waals surface area contributed by atoms with Crippen LogP contribution in [0.4, 0.5) is 21.5 Å². The molecule has 20 N–H and O–H groups in total. The number of phosphoric ester groups is 2. The Kier molecular flexibility index (Phi) is 22.1. The highest BCUT2D eigenvalue weighted by atomic mass is 31.3. The van der Waals surface area contributed by atoms with Gasteiger partial charge in [0.15, 0.2) is 47.0 Å². The maximum absolute atomic E-state index is 12.4. The first-order chi connectivity index (χ1) is 35.6. The molecule has 4 aromatic rings. The fraction of sp³-hybridized carbons (Fsp3) is 0.647. The molecule has 10 atom stereocenters. The van der Waals surface area contributed by atoms with Crippen molar-refractivity contribution in [2.45, 2.75) is 100 Å². The van der Waals surface area contributed by atoms with E-state index in [0.29, 0.717) is 25.9 Å². The van der Waals surface area contributed by atoms with E-state index in [9.17, 15) is 57.4 Å². The molecule has 2 unspecified atom stereocenters. The highest BCUT2D eigenvalue weighted by Crippen LogP contribution is 2.59. The summed E-state index contributed by atoms with van der Waals surface area (Å²) >= 11 is 0. The maximum atomic E-state index is 12.4. The molecule has 0 radical (unpaired) electrons. The minimum Gasteiger partial charge on any atom is -0.440 e. The zero-order valence-electron chi connectivity index (χ0n) is 39.6. The summed E-state index contributed by atoms with van der Waals surface area (Å²) in [6, 6.07) is 0. The average molecular weight is 1170 g/mol. The number of ether oxygens (including phenoxy) is 4. The number of nitrogen functional groups attached to an aromatic ring is 2. The lowest BCUT2D eigenvalue weighted by Gasteiger charge is -2.22. The standard InChI is InChI=1S/2C17H29N7O12P2/c18-5-3-1-2-4-6-20-17(27)35-12-9(7-33-38(31,32)36-37(28,29)30)34-15(11(12)25)24-8-21-10-13(24)22-16(19)23-14(10)26;18-5-3-1-2-4-6-20-17(27)35-12-11(25)9(7-33-38(31,32)36-37(28,29)30)34-15(12)24-8-21-10-13(24)22-16(19)23-14(10)26/h2*8-9,11-12,15,25H,1-7,18H2,(H,20,27)(H,31,32)(H2,28,29,30)(H3,19,22,23,26)/t2*9-,11-,12-,15-/m11/s1. The van der Waals surface area contributed by atoms with E-state index >= 15 is 0 Å². The molecule has 2 saturated heterocycles. The van der Waals surface area contributed by atoms with Gasteiger partial charge < -0.3 is 92.1 Å². The molecule has 0 saturated carbocycles. The van der Waals surface area contributed by atoms with Crippen LogP contribution in [0.15, 0.2) is 22.2 Å². The highest BCUT2D eigenvalue weighted by molar-refractivity contribution is 7.61. The number of hydrogen-bond donors (Lipinski definition) is 16. The monoisotopic (exact) mass is 1170 g/mol. The van der Waals surface area contributed by atoms with Crippen LogP contribution in [0.2, 0.25) is 0 Å². The molecule has 0 spiro atoms. The van der Waals surface area contributed by atoms with E-state index in [1.165, 1.54) is 0 Å². The SMILES string of the molecule is NCCCCCCNC(=O)O[C@@H]1[C@H](O)[C@@H](COP(=O)(O)OP(=O)(O)O)O[C@H]1n1cnc2c(=O)[nH]c(N)nc21.NCCCCCCNC(=O)O[C@H]1[C@@H](O)[C@H](n2cnc3c(=O)[nH]c(N)nc32)O[C@@H]1COP(=O)(O)OP(=O)(O)O. The number of unbranched alkanes of at least 4 members (excludes halogenated alkanes) is 6. The number of nitrogens with zero attached hydrogens (tertiary/aromatic N) is 6. The summed E-state index contributed by atoms with van der Waals surface area (Å²) in [5.74, 6) is -0.519. The van der Waals surface area contributed by atoms with Crippen molar-refractivity contribution in [1.82, 2.24) is 49.7 Å². The van der Waals surface area contributed by atoms with Gasteiger partial charge in [0.05, 0.1) is 25.9 Å². The molecule has 428 valence electrons. The third kappa shape index (κ3) is 18.1. The van der Waals surface area contributed by atoms with Gasteiger partial charge in [0.1, 0.15) is 24.4 Å². The minimum absolute atomic E-state index is 0.0865. The quantitative estimate of drug-likeness (QED) is 0.0230. The molecule has 2 amide bonds. The van der Waals surface area contributed by atoms with Crippen LogP contribution in [0.3, 0.4) is 0 Å². The second-order valence-corrected chi connectivity index (χ2v) is 22.0. The lowest BCUT2D eigenvalue weighted by atomic mass is 10.1. The first-order valence-electron chi connectivity index (χ1n) is 22.5. The van der Waals surface area contributed by atoms with Crippen LogP contribution in [0.5, 0.6) is 0 Å². The van der Waals surface area contributed by atoms with Crippen LogP contribution in [0.1, 0.15) is 63.8 Å². The Morgan fingerprint density at radius 2 is 1.03 bits per heavy atom. The second kappa shape index (κ2) is 27.1. The van der Waals surface area contributed by atoms with Gasteiger partial charge in [0.2, 0.25) is 11.9 Å². The number of amides is 2. The van der Waals surface area contributed by atoms with Crippen molar-refractivity contribution in [1.29, 1.82) is 0 Å². The predicted molar refractivity (Wildman–Crippen MR) is 254 cm³/mol. The topological polar surface area (TPSA) is 593 Å². The smallest absolute Gasteiger partial charge is 0.440 e. The highest BCUT2D eigenvalue weighted by Gasteiger charge is 2.51. The summed E-state index contributed by atoms with van der Waals surface area (Å²) in [5.41, 5.74) is 20.3. The van der Waals surface area contributed by atoms with E-state index in [0.717, 1.165) is 60.3 Å². The molecule has 42 heteroatoms. The number of anilines is 2. The number of alkyl carbamates (subject to hydrolysis) is 2. The van der Waals surface area contributed by atoms with E-state index in [-0.39, 0.29) is 47.3 Å². The van der Waals surface area contributed by atoms with Gasteiger partial charge in [-0.3, -0.25) is 37.7 Å². The fourth-order valence-corrected chi connectivity index (χ4v) is 10.5.